The number of aliphatic hydroxyl groups excluding tert-OH is 2. The molecule has 4 atom stereocenters. The highest BCUT2D eigenvalue weighted by molar-refractivity contribution is 7.84. The molecule has 1 saturated carbocycles. The zero-order chi connectivity index (χ0) is 15.6. The molecule has 2 rings (SSSR count). The summed E-state index contributed by atoms with van der Waals surface area (Å²) in [4.78, 5) is 7.97. The Bertz CT molecular complexity index is 596. The van der Waals surface area contributed by atoms with E-state index in [0.29, 0.717) is 12.2 Å². The van der Waals surface area contributed by atoms with E-state index in [1.54, 1.807) is 13.0 Å². The summed E-state index contributed by atoms with van der Waals surface area (Å²) in [5.41, 5.74) is 0.759. The van der Waals surface area contributed by atoms with Crippen molar-refractivity contribution >= 4 is 16.1 Å². The van der Waals surface area contributed by atoms with E-state index in [4.69, 9.17) is 5.14 Å². The van der Waals surface area contributed by atoms with Crippen molar-refractivity contribution < 1.29 is 22.8 Å². The van der Waals surface area contributed by atoms with Crippen LogP contribution in [0.15, 0.2) is 12.4 Å². The summed E-state index contributed by atoms with van der Waals surface area (Å²) >= 11 is 0. The molecule has 0 spiro atoms. The zero-order valence-corrected chi connectivity index (χ0v) is 12.2. The minimum Gasteiger partial charge on any atom is -0.390 e. The second-order valence-corrected chi connectivity index (χ2v) is 6.27. The molecule has 0 saturated heterocycles. The van der Waals surface area contributed by atoms with Gasteiger partial charge in [0.25, 0.3) is 0 Å². The number of anilines is 1. The number of hydrogen-bond donors (Lipinski definition) is 4. The van der Waals surface area contributed by atoms with Gasteiger partial charge in [-0.2, -0.15) is 8.42 Å². The van der Waals surface area contributed by atoms with Crippen molar-refractivity contribution in [3.63, 3.8) is 0 Å². The van der Waals surface area contributed by atoms with Gasteiger partial charge >= 0.3 is 10.3 Å². The monoisotopic (exact) mass is 318 g/mol. The van der Waals surface area contributed by atoms with Gasteiger partial charge in [0.2, 0.25) is 0 Å². The van der Waals surface area contributed by atoms with Crippen molar-refractivity contribution in [3.05, 3.63) is 18.1 Å². The molecule has 1 aliphatic rings. The van der Waals surface area contributed by atoms with Crippen LogP contribution in [-0.2, 0) is 14.5 Å². The molecule has 0 radical (unpaired) electrons. The zero-order valence-electron chi connectivity index (χ0n) is 11.4. The van der Waals surface area contributed by atoms with Crippen LogP contribution in [-0.4, -0.2) is 53.5 Å². The molecule has 0 unspecified atom stereocenters. The Hall–Kier alpha value is -1.33. The van der Waals surface area contributed by atoms with Gasteiger partial charge < -0.3 is 15.5 Å². The minimum absolute atomic E-state index is 0.280. The highest BCUT2D eigenvalue weighted by Gasteiger charge is 2.42. The normalized spacial score (nSPS) is 29.5. The first-order chi connectivity index (χ1) is 9.76. The van der Waals surface area contributed by atoms with Gasteiger partial charge in [0.15, 0.2) is 0 Å². The van der Waals surface area contributed by atoms with E-state index in [2.05, 4.69) is 19.5 Å². The topological polar surface area (TPSA) is 148 Å². The molecule has 21 heavy (non-hydrogen) atoms. The summed E-state index contributed by atoms with van der Waals surface area (Å²) in [5, 5.41) is 27.6. The van der Waals surface area contributed by atoms with Gasteiger partial charge in [-0.3, -0.25) is 4.18 Å². The Morgan fingerprint density at radius 1 is 1.43 bits per heavy atom. The van der Waals surface area contributed by atoms with Crippen LogP contribution in [0.3, 0.4) is 0 Å². The van der Waals surface area contributed by atoms with E-state index in [9.17, 15) is 18.6 Å². The van der Waals surface area contributed by atoms with Gasteiger partial charge in [-0.15, -0.1) is 0 Å². The molecular weight excluding hydrogens is 300 g/mol. The summed E-state index contributed by atoms with van der Waals surface area (Å²) in [7, 11) is -4.07. The quantitative estimate of drug-likeness (QED) is 0.514. The lowest BCUT2D eigenvalue weighted by atomic mass is 10.1. The lowest BCUT2D eigenvalue weighted by Crippen LogP contribution is -2.36. The highest BCUT2D eigenvalue weighted by atomic mass is 32.2. The van der Waals surface area contributed by atoms with Crippen LogP contribution in [0.1, 0.15) is 12.1 Å². The number of aryl methyl sites for hydroxylation is 1. The van der Waals surface area contributed by atoms with Crippen LogP contribution >= 0.6 is 0 Å². The molecule has 0 amide bonds. The van der Waals surface area contributed by atoms with Crippen molar-refractivity contribution in [1.82, 2.24) is 9.97 Å². The number of hydrogen-bond acceptors (Lipinski definition) is 8. The molecule has 0 aromatic carbocycles. The van der Waals surface area contributed by atoms with Crippen LogP contribution in [0.2, 0.25) is 0 Å². The Morgan fingerprint density at radius 3 is 2.76 bits per heavy atom. The number of rotatable bonds is 5. The lowest BCUT2D eigenvalue weighted by molar-refractivity contribution is 0.00778. The summed E-state index contributed by atoms with van der Waals surface area (Å²) < 4.78 is 26.0. The fourth-order valence-electron chi connectivity index (χ4n) is 2.34. The molecule has 10 heteroatoms. The average Bonchev–Trinajstić information content (AvgIpc) is 2.64. The SMILES string of the molecule is Cc1cc(N[C@@H]2C[C@H](COS(N)(=O)=O)[C@@H](O)[C@H]2O)ncn1. The molecule has 1 aromatic heterocycles. The van der Waals surface area contributed by atoms with Gasteiger partial charge in [0.1, 0.15) is 18.2 Å². The molecule has 1 aliphatic carbocycles. The van der Waals surface area contributed by atoms with Crippen molar-refractivity contribution in [2.24, 2.45) is 11.1 Å². The fraction of sp³-hybridized carbons (Fsp3) is 0.636. The number of nitrogens with one attached hydrogen (secondary N) is 1. The van der Waals surface area contributed by atoms with Crippen LogP contribution in [0, 0.1) is 12.8 Å². The van der Waals surface area contributed by atoms with Crippen LogP contribution in [0.5, 0.6) is 0 Å². The van der Waals surface area contributed by atoms with Crippen molar-refractivity contribution in [3.8, 4) is 0 Å². The average molecular weight is 318 g/mol. The molecule has 5 N–H and O–H groups in total. The number of nitrogens with zero attached hydrogens (tertiary/aromatic N) is 2. The molecule has 1 aromatic rings. The predicted molar refractivity (Wildman–Crippen MR) is 73.4 cm³/mol. The van der Waals surface area contributed by atoms with E-state index in [1.165, 1.54) is 6.33 Å². The van der Waals surface area contributed by atoms with E-state index in [0.717, 1.165) is 5.69 Å². The Balaban J connectivity index is 1.99. The molecule has 9 nitrogen and oxygen atoms in total. The largest absolute Gasteiger partial charge is 0.390 e. The number of aliphatic hydroxyl groups is 2. The standard InChI is InChI=1S/C11H18N4O5S/c1-6-2-9(14-5-13-6)15-8-3-7(10(16)11(8)17)4-20-21(12,18)19/h2,5,7-8,10-11,16-17H,3-4H2,1H3,(H2,12,18,19)(H,13,14,15)/t7-,8-,10-,11+/m1/s1. The third-order valence-corrected chi connectivity index (χ3v) is 3.85. The second-order valence-electron chi connectivity index (χ2n) is 5.05. The third-order valence-electron chi connectivity index (χ3n) is 3.39. The Morgan fingerprint density at radius 2 is 2.14 bits per heavy atom. The number of nitrogens with two attached hydrogens (primary N) is 1. The minimum atomic E-state index is -4.07. The maximum Gasteiger partial charge on any atom is 0.333 e. The van der Waals surface area contributed by atoms with Crippen LogP contribution < -0.4 is 10.5 Å². The van der Waals surface area contributed by atoms with Crippen molar-refractivity contribution in [2.75, 3.05) is 11.9 Å². The molecular formula is C11H18N4O5S. The molecule has 1 heterocycles. The summed E-state index contributed by atoms with van der Waals surface area (Å²) in [5.74, 6) is -0.0227. The first-order valence-electron chi connectivity index (χ1n) is 6.35. The molecule has 118 valence electrons. The van der Waals surface area contributed by atoms with Crippen LogP contribution in [0.25, 0.3) is 0 Å². The third kappa shape index (κ3) is 4.32. The van der Waals surface area contributed by atoms with E-state index >= 15 is 0 Å². The fourth-order valence-corrected chi connectivity index (χ4v) is 2.70. The second kappa shape index (κ2) is 6.20. The first-order valence-corrected chi connectivity index (χ1v) is 7.82. The van der Waals surface area contributed by atoms with E-state index < -0.39 is 34.5 Å². The lowest BCUT2D eigenvalue weighted by Gasteiger charge is -2.18. The smallest absolute Gasteiger partial charge is 0.333 e. The highest BCUT2D eigenvalue weighted by Crippen LogP contribution is 2.29. The number of aromatic nitrogens is 2. The summed E-state index contributed by atoms with van der Waals surface area (Å²) in [6.45, 7) is 1.52. The van der Waals surface area contributed by atoms with Gasteiger partial charge in [-0.05, 0) is 13.3 Å². The predicted octanol–water partition coefficient (Wildman–Crippen LogP) is -1.47. The van der Waals surface area contributed by atoms with Gasteiger partial charge in [-0.25, -0.2) is 15.1 Å². The summed E-state index contributed by atoms with van der Waals surface area (Å²) in [6, 6.07) is 1.23. The van der Waals surface area contributed by atoms with Gasteiger partial charge in [0.05, 0.1) is 18.8 Å². The van der Waals surface area contributed by atoms with Gasteiger partial charge in [-0.1, -0.05) is 0 Å². The van der Waals surface area contributed by atoms with Crippen molar-refractivity contribution in [2.45, 2.75) is 31.6 Å². The Kier molecular flexibility index (Phi) is 4.74. The van der Waals surface area contributed by atoms with Crippen molar-refractivity contribution in [1.29, 1.82) is 0 Å². The van der Waals surface area contributed by atoms with E-state index in [1.807, 2.05) is 0 Å². The van der Waals surface area contributed by atoms with Crippen LogP contribution in [0.4, 0.5) is 5.82 Å². The summed E-state index contributed by atoms with van der Waals surface area (Å²) in [6.07, 6.45) is -0.459. The molecule has 0 aliphatic heterocycles. The molecule has 1 fully saturated rings. The Labute approximate surface area is 122 Å². The van der Waals surface area contributed by atoms with E-state index in [-0.39, 0.29) is 6.61 Å². The van der Waals surface area contributed by atoms with Gasteiger partial charge in [0, 0.05) is 17.7 Å². The maximum atomic E-state index is 10.8. The maximum absolute atomic E-state index is 10.8. The molecule has 0 bridgehead atoms. The first kappa shape index (κ1) is 16.0.